The zero-order valence-electron chi connectivity index (χ0n) is 16.7. The number of hydrogen-bond donors (Lipinski definition) is 1. The van der Waals surface area contributed by atoms with Gasteiger partial charge < -0.3 is 19.7 Å². The van der Waals surface area contributed by atoms with Crippen LogP contribution < -0.4 is 15.0 Å². The summed E-state index contributed by atoms with van der Waals surface area (Å²) in [6.07, 6.45) is 4.05. The van der Waals surface area contributed by atoms with E-state index in [4.69, 9.17) is 9.47 Å². The van der Waals surface area contributed by atoms with Crippen LogP contribution >= 0.6 is 0 Å². The highest BCUT2D eigenvalue weighted by atomic mass is 16.5. The molecule has 1 saturated heterocycles. The van der Waals surface area contributed by atoms with Crippen LogP contribution in [0.1, 0.15) is 15.9 Å². The lowest BCUT2D eigenvalue weighted by Gasteiger charge is -2.28. The van der Waals surface area contributed by atoms with E-state index >= 15 is 0 Å². The molecule has 154 valence electrons. The van der Waals surface area contributed by atoms with E-state index in [2.05, 4.69) is 32.3 Å². The summed E-state index contributed by atoms with van der Waals surface area (Å²) in [5.74, 6) is 1.64. The SMILES string of the molecule is O=C(NCCc1ccccc1)c1ccc(Oc2nccnc2N2CCOCC2)cc1. The molecule has 0 saturated carbocycles. The molecule has 3 aromatic rings. The Morgan fingerprint density at radius 2 is 1.73 bits per heavy atom. The minimum Gasteiger partial charge on any atom is -0.436 e. The van der Waals surface area contributed by atoms with Crippen LogP contribution in [0.2, 0.25) is 0 Å². The van der Waals surface area contributed by atoms with Crippen LogP contribution in [0.5, 0.6) is 11.6 Å². The molecular formula is C23H24N4O3. The van der Waals surface area contributed by atoms with Crippen LogP contribution in [0.25, 0.3) is 0 Å². The topological polar surface area (TPSA) is 76.6 Å². The number of ether oxygens (including phenoxy) is 2. The number of anilines is 1. The summed E-state index contributed by atoms with van der Waals surface area (Å²) in [4.78, 5) is 23.2. The number of carbonyl (C=O) groups is 1. The van der Waals surface area contributed by atoms with Crippen LogP contribution in [0.4, 0.5) is 5.82 Å². The molecule has 1 fully saturated rings. The molecule has 0 atom stereocenters. The first kappa shape index (κ1) is 19.8. The second-order valence-corrected chi connectivity index (χ2v) is 6.90. The van der Waals surface area contributed by atoms with Crippen molar-refractivity contribution in [2.45, 2.75) is 6.42 Å². The highest BCUT2D eigenvalue weighted by Crippen LogP contribution is 2.28. The normalized spacial score (nSPS) is 13.7. The van der Waals surface area contributed by atoms with Crippen molar-refractivity contribution in [1.29, 1.82) is 0 Å². The molecule has 1 aliphatic heterocycles. The second-order valence-electron chi connectivity index (χ2n) is 6.90. The molecule has 7 heteroatoms. The molecule has 0 bridgehead atoms. The molecule has 0 radical (unpaired) electrons. The average Bonchev–Trinajstić information content (AvgIpc) is 2.81. The summed E-state index contributed by atoms with van der Waals surface area (Å²) >= 11 is 0. The first-order chi connectivity index (χ1) is 14.8. The Hall–Kier alpha value is -3.45. The monoisotopic (exact) mass is 404 g/mol. The number of nitrogens with zero attached hydrogens (tertiary/aromatic N) is 3. The first-order valence-corrected chi connectivity index (χ1v) is 10.0. The second kappa shape index (κ2) is 9.84. The van der Waals surface area contributed by atoms with Gasteiger partial charge in [-0.1, -0.05) is 30.3 Å². The highest BCUT2D eigenvalue weighted by molar-refractivity contribution is 5.94. The minimum absolute atomic E-state index is 0.106. The van der Waals surface area contributed by atoms with Crippen molar-refractivity contribution in [2.24, 2.45) is 0 Å². The van der Waals surface area contributed by atoms with Gasteiger partial charge in [-0.2, -0.15) is 0 Å². The third-order valence-corrected chi connectivity index (χ3v) is 4.83. The number of carbonyl (C=O) groups excluding carboxylic acids is 1. The van der Waals surface area contributed by atoms with Gasteiger partial charge >= 0.3 is 0 Å². The molecule has 2 aromatic carbocycles. The van der Waals surface area contributed by atoms with E-state index in [0.29, 0.717) is 42.8 Å². The van der Waals surface area contributed by atoms with Crippen LogP contribution in [-0.2, 0) is 11.2 Å². The van der Waals surface area contributed by atoms with Crippen molar-refractivity contribution < 1.29 is 14.3 Å². The van der Waals surface area contributed by atoms with Gasteiger partial charge in [-0.15, -0.1) is 0 Å². The fourth-order valence-electron chi connectivity index (χ4n) is 3.24. The Balaban J connectivity index is 1.35. The summed E-state index contributed by atoms with van der Waals surface area (Å²) in [6.45, 7) is 3.39. The van der Waals surface area contributed by atoms with E-state index < -0.39 is 0 Å². The number of nitrogens with one attached hydrogen (secondary N) is 1. The number of amides is 1. The van der Waals surface area contributed by atoms with Crippen molar-refractivity contribution in [3.05, 3.63) is 78.1 Å². The predicted molar refractivity (Wildman–Crippen MR) is 114 cm³/mol. The minimum atomic E-state index is -0.106. The van der Waals surface area contributed by atoms with E-state index in [1.54, 1.807) is 36.7 Å². The molecule has 1 N–H and O–H groups in total. The lowest BCUT2D eigenvalue weighted by Crippen LogP contribution is -2.37. The highest BCUT2D eigenvalue weighted by Gasteiger charge is 2.18. The van der Waals surface area contributed by atoms with E-state index in [1.807, 2.05) is 18.2 Å². The fourth-order valence-corrected chi connectivity index (χ4v) is 3.24. The molecule has 30 heavy (non-hydrogen) atoms. The van der Waals surface area contributed by atoms with Gasteiger partial charge in [0.05, 0.1) is 13.2 Å². The first-order valence-electron chi connectivity index (χ1n) is 10.0. The van der Waals surface area contributed by atoms with Crippen LogP contribution in [-0.4, -0.2) is 48.7 Å². The van der Waals surface area contributed by atoms with Gasteiger partial charge in [0, 0.05) is 37.6 Å². The third kappa shape index (κ3) is 5.12. The number of rotatable bonds is 7. The molecular weight excluding hydrogens is 380 g/mol. The summed E-state index contributed by atoms with van der Waals surface area (Å²) in [6, 6.07) is 17.1. The van der Waals surface area contributed by atoms with E-state index in [-0.39, 0.29) is 5.91 Å². The molecule has 1 amide bonds. The van der Waals surface area contributed by atoms with Crippen LogP contribution in [0, 0.1) is 0 Å². The standard InChI is InChI=1S/C23H24N4O3/c28-22(25-11-10-18-4-2-1-3-5-18)19-6-8-20(9-7-19)30-23-21(24-12-13-26-23)27-14-16-29-17-15-27/h1-9,12-13H,10-11,14-17H2,(H,25,28). The van der Waals surface area contributed by atoms with E-state index in [0.717, 1.165) is 19.5 Å². The van der Waals surface area contributed by atoms with Crippen molar-refractivity contribution in [3.8, 4) is 11.6 Å². The number of hydrogen-bond acceptors (Lipinski definition) is 6. The maximum atomic E-state index is 12.4. The molecule has 1 aromatic heterocycles. The average molecular weight is 404 g/mol. The summed E-state index contributed by atoms with van der Waals surface area (Å²) in [5, 5.41) is 2.95. The lowest BCUT2D eigenvalue weighted by atomic mass is 10.1. The van der Waals surface area contributed by atoms with Gasteiger partial charge in [0.25, 0.3) is 11.8 Å². The molecule has 0 aliphatic carbocycles. The van der Waals surface area contributed by atoms with Gasteiger partial charge in [0.2, 0.25) is 0 Å². The van der Waals surface area contributed by atoms with E-state index in [1.165, 1.54) is 5.56 Å². The van der Waals surface area contributed by atoms with Crippen molar-refractivity contribution >= 4 is 11.7 Å². The lowest BCUT2D eigenvalue weighted by molar-refractivity contribution is 0.0954. The Morgan fingerprint density at radius 3 is 2.50 bits per heavy atom. The zero-order chi connectivity index (χ0) is 20.6. The van der Waals surface area contributed by atoms with E-state index in [9.17, 15) is 4.79 Å². The molecule has 0 spiro atoms. The Kier molecular flexibility index (Phi) is 6.51. The zero-order valence-corrected chi connectivity index (χ0v) is 16.7. The van der Waals surface area contributed by atoms with Gasteiger partial charge in [0.1, 0.15) is 5.75 Å². The van der Waals surface area contributed by atoms with Gasteiger partial charge in [-0.05, 0) is 36.2 Å². The summed E-state index contributed by atoms with van der Waals surface area (Å²) in [7, 11) is 0. The van der Waals surface area contributed by atoms with Crippen molar-refractivity contribution in [1.82, 2.24) is 15.3 Å². The maximum absolute atomic E-state index is 12.4. The Morgan fingerprint density at radius 1 is 1.00 bits per heavy atom. The summed E-state index contributed by atoms with van der Waals surface area (Å²) < 4.78 is 11.3. The smallest absolute Gasteiger partial charge is 0.263 e. The van der Waals surface area contributed by atoms with Crippen molar-refractivity contribution in [3.63, 3.8) is 0 Å². The van der Waals surface area contributed by atoms with Gasteiger partial charge in [-0.25, -0.2) is 9.97 Å². The largest absolute Gasteiger partial charge is 0.436 e. The molecule has 0 unspecified atom stereocenters. The maximum Gasteiger partial charge on any atom is 0.263 e. The molecule has 4 rings (SSSR count). The molecule has 2 heterocycles. The number of benzene rings is 2. The Bertz CT molecular complexity index is 958. The van der Waals surface area contributed by atoms with Crippen LogP contribution in [0.15, 0.2) is 67.0 Å². The third-order valence-electron chi connectivity index (χ3n) is 4.83. The fraction of sp³-hybridized carbons (Fsp3) is 0.261. The van der Waals surface area contributed by atoms with Gasteiger partial charge in [0.15, 0.2) is 5.82 Å². The van der Waals surface area contributed by atoms with Crippen LogP contribution in [0.3, 0.4) is 0 Å². The number of morpholine rings is 1. The quantitative estimate of drug-likeness (QED) is 0.652. The predicted octanol–water partition coefficient (Wildman–Crippen LogP) is 3.08. The summed E-state index contributed by atoms with van der Waals surface area (Å²) in [5.41, 5.74) is 1.78. The molecule has 7 nitrogen and oxygen atoms in total. The number of aromatic nitrogens is 2. The van der Waals surface area contributed by atoms with Gasteiger partial charge in [-0.3, -0.25) is 4.79 Å². The Labute approximate surface area is 175 Å². The van der Waals surface area contributed by atoms with Crippen molar-refractivity contribution in [2.75, 3.05) is 37.7 Å². The molecule has 1 aliphatic rings.